The molecule has 0 rings (SSSR count). The van der Waals surface area contributed by atoms with Crippen LogP contribution in [0.2, 0.25) is 19.6 Å². The third kappa shape index (κ3) is 24.1. The van der Waals surface area contributed by atoms with Gasteiger partial charge < -0.3 is 4.43 Å². The van der Waals surface area contributed by atoms with Crippen LogP contribution in [0.25, 0.3) is 0 Å². The molecule has 0 radical (unpaired) electrons. The molecule has 0 fully saturated rings. The number of hydrogen-bond acceptors (Lipinski definition) is 1. The highest BCUT2D eigenvalue weighted by atomic mass is 28.4. The van der Waals surface area contributed by atoms with Crippen LogP contribution < -0.4 is 0 Å². The van der Waals surface area contributed by atoms with E-state index in [1.54, 1.807) is 7.11 Å². The molecule has 0 aliphatic carbocycles. The summed E-state index contributed by atoms with van der Waals surface area (Å²) in [7, 11) is 0.639. The summed E-state index contributed by atoms with van der Waals surface area (Å²) in [5.41, 5.74) is 0. The fourth-order valence-corrected chi connectivity index (χ4v) is 0. The molecule has 0 unspecified atom stereocenters. The van der Waals surface area contributed by atoms with E-state index in [0.29, 0.717) is 0 Å². The summed E-state index contributed by atoms with van der Waals surface area (Å²) in [6.45, 7) is 10.8. The van der Waals surface area contributed by atoms with Crippen LogP contribution in [0.5, 0.6) is 0 Å². The molecular weight excluding hydrogens is 140 g/mol. The van der Waals surface area contributed by atoms with Gasteiger partial charge in [0.1, 0.15) is 0 Å². The van der Waals surface area contributed by atoms with E-state index >= 15 is 0 Å². The van der Waals surface area contributed by atoms with Gasteiger partial charge in [-0.25, -0.2) is 0 Å². The molecule has 0 amide bonds. The minimum absolute atomic E-state index is 1.13. The lowest BCUT2D eigenvalue weighted by atomic mass is 10.4. The maximum absolute atomic E-state index is 5.08. The van der Waals surface area contributed by atoms with E-state index in [0.717, 1.165) is 0 Å². The zero-order valence-electron chi connectivity index (χ0n) is 8.32. The van der Waals surface area contributed by atoms with Gasteiger partial charge in [0.2, 0.25) is 0 Å². The molecule has 0 aliphatic heterocycles. The van der Waals surface area contributed by atoms with E-state index in [2.05, 4.69) is 33.5 Å². The van der Waals surface area contributed by atoms with Gasteiger partial charge in [0, 0.05) is 7.11 Å². The minimum Gasteiger partial charge on any atom is -0.421 e. The topological polar surface area (TPSA) is 9.23 Å². The van der Waals surface area contributed by atoms with Crippen LogP contribution in [-0.2, 0) is 4.43 Å². The number of rotatable bonds is 2. The first-order chi connectivity index (χ1) is 4.47. The van der Waals surface area contributed by atoms with Gasteiger partial charge >= 0.3 is 0 Å². The van der Waals surface area contributed by atoms with Crippen molar-refractivity contribution in [1.29, 1.82) is 0 Å². The SMILES string of the molecule is CCCC.CO[Si](C)(C)C. The third-order valence-corrected chi connectivity index (χ3v) is 2.34. The summed E-state index contributed by atoms with van der Waals surface area (Å²) >= 11 is 0. The number of unbranched alkanes of at least 4 members (excludes halogenated alkanes) is 1. The van der Waals surface area contributed by atoms with Crippen LogP contribution in [0.4, 0.5) is 0 Å². The Labute approximate surface area is 66.9 Å². The Morgan fingerprint density at radius 1 is 1.00 bits per heavy atom. The number of hydrogen-bond donors (Lipinski definition) is 0. The van der Waals surface area contributed by atoms with E-state index in [4.69, 9.17) is 4.43 Å². The summed E-state index contributed by atoms with van der Waals surface area (Å²) in [5.74, 6) is 0. The van der Waals surface area contributed by atoms with Gasteiger partial charge in [0.25, 0.3) is 0 Å². The Morgan fingerprint density at radius 3 is 1.20 bits per heavy atom. The van der Waals surface area contributed by atoms with Gasteiger partial charge in [-0.15, -0.1) is 0 Å². The highest BCUT2D eigenvalue weighted by Crippen LogP contribution is 1.97. The Balaban J connectivity index is 0. The largest absolute Gasteiger partial charge is 0.421 e. The van der Waals surface area contributed by atoms with Gasteiger partial charge in [-0.3, -0.25) is 0 Å². The average molecular weight is 162 g/mol. The summed E-state index contributed by atoms with van der Waals surface area (Å²) in [4.78, 5) is 0. The van der Waals surface area contributed by atoms with Crippen LogP contribution in [-0.4, -0.2) is 15.4 Å². The van der Waals surface area contributed by atoms with Crippen molar-refractivity contribution < 1.29 is 4.43 Å². The summed E-state index contributed by atoms with van der Waals surface area (Å²) in [6, 6.07) is 0. The summed E-state index contributed by atoms with van der Waals surface area (Å²) in [5, 5.41) is 0. The lowest BCUT2D eigenvalue weighted by Crippen LogP contribution is -2.22. The van der Waals surface area contributed by atoms with Gasteiger partial charge in [-0.2, -0.15) is 0 Å². The molecule has 0 spiro atoms. The molecule has 0 saturated carbocycles. The van der Waals surface area contributed by atoms with Crippen molar-refractivity contribution >= 4 is 8.32 Å². The molecule has 0 aliphatic rings. The molecule has 0 aromatic heterocycles. The van der Waals surface area contributed by atoms with Crippen molar-refractivity contribution in [3.05, 3.63) is 0 Å². The van der Waals surface area contributed by atoms with Crippen LogP contribution in [0.3, 0.4) is 0 Å². The minimum atomic E-state index is -1.13. The fourth-order valence-electron chi connectivity index (χ4n) is 0. The van der Waals surface area contributed by atoms with Gasteiger partial charge in [-0.1, -0.05) is 26.7 Å². The molecule has 0 N–H and O–H groups in total. The molecular formula is C8H22OSi. The molecule has 10 heavy (non-hydrogen) atoms. The van der Waals surface area contributed by atoms with Crippen molar-refractivity contribution in [3.63, 3.8) is 0 Å². The zero-order chi connectivity index (χ0) is 8.62. The molecule has 0 saturated heterocycles. The Hall–Kier alpha value is 0.177. The smallest absolute Gasteiger partial charge is 0.183 e. The monoisotopic (exact) mass is 162 g/mol. The predicted molar refractivity (Wildman–Crippen MR) is 50.9 cm³/mol. The molecule has 1 nitrogen and oxygen atoms in total. The van der Waals surface area contributed by atoms with Crippen LogP contribution in [0.15, 0.2) is 0 Å². The van der Waals surface area contributed by atoms with Crippen molar-refractivity contribution in [3.8, 4) is 0 Å². The second-order valence-electron chi connectivity index (χ2n) is 3.32. The Kier molecular flexibility index (Phi) is 9.34. The first-order valence-electron chi connectivity index (χ1n) is 4.03. The van der Waals surface area contributed by atoms with E-state index in [-0.39, 0.29) is 0 Å². The maximum Gasteiger partial charge on any atom is 0.183 e. The standard InChI is InChI=1S/C4H12OSi.C4H10/c1-5-6(2,3)4;1-3-4-2/h1-4H3;3-4H2,1-2H3. The predicted octanol–water partition coefficient (Wildman–Crippen LogP) is 3.27. The fraction of sp³-hybridized carbons (Fsp3) is 1.00. The van der Waals surface area contributed by atoms with E-state index in [1.165, 1.54) is 12.8 Å². The lowest BCUT2D eigenvalue weighted by Gasteiger charge is -2.10. The Bertz CT molecular complexity index is 54.8. The van der Waals surface area contributed by atoms with Crippen molar-refractivity contribution in [2.75, 3.05) is 7.11 Å². The summed E-state index contributed by atoms with van der Waals surface area (Å²) in [6.07, 6.45) is 2.64. The van der Waals surface area contributed by atoms with Crippen LogP contribution in [0, 0.1) is 0 Å². The molecule has 0 aromatic carbocycles. The quantitative estimate of drug-likeness (QED) is 0.566. The highest BCUT2D eigenvalue weighted by molar-refractivity contribution is 6.69. The van der Waals surface area contributed by atoms with E-state index in [1.807, 2.05) is 0 Å². The molecule has 0 aromatic rings. The molecule has 0 atom stereocenters. The average Bonchev–Trinajstić information content (AvgIpc) is 1.87. The van der Waals surface area contributed by atoms with Crippen LogP contribution in [0.1, 0.15) is 26.7 Å². The van der Waals surface area contributed by atoms with Gasteiger partial charge in [0.05, 0.1) is 0 Å². The van der Waals surface area contributed by atoms with E-state index in [9.17, 15) is 0 Å². The third-order valence-electron chi connectivity index (χ3n) is 1.11. The summed E-state index contributed by atoms with van der Waals surface area (Å²) < 4.78 is 5.08. The first-order valence-corrected chi connectivity index (χ1v) is 7.43. The normalized spacial score (nSPS) is 10.2. The molecule has 0 heterocycles. The molecule has 2 heteroatoms. The van der Waals surface area contributed by atoms with Crippen molar-refractivity contribution in [2.45, 2.75) is 46.3 Å². The highest BCUT2D eigenvalue weighted by Gasteiger charge is 2.09. The first kappa shape index (κ1) is 12.8. The van der Waals surface area contributed by atoms with Gasteiger partial charge in [-0.05, 0) is 19.6 Å². The van der Waals surface area contributed by atoms with E-state index < -0.39 is 8.32 Å². The molecule has 64 valence electrons. The second kappa shape index (κ2) is 7.29. The van der Waals surface area contributed by atoms with Crippen LogP contribution >= 0.6 is 0 Å². The molecule has 0 bridgehead atoms. The van der Waals surface area contributed by atoms with Crippen molar-refractivity contribution in [1.82, 2.24) is 0 Å². The Morgan fingerprint density at radius 2 is 1.20 bits per heavy atom. The lowest BCUT2D eigenvalue weighted by molar-refractivity contribution is 0.411. The zero-order valence-corrected chi connectivity index (χ0v) is 9.32. The van der Waals surface area contributed by atoms with Gasteiger partial charge in [0.15, 0.2) is 8.32 Å². The maximum atomic E-state index is 5.08. The second-order valence-corrected chi connectivity index (χ2v) is 7.95. The van der Waals surface area contributed by atoms with Crippen molar-refractivity contribution in [2.24, 2.45) is 0 Å².